The van der Waals surface area contributed by atoms with Gasteiger partial charge in [-0.3, -0.25) is 4.18 Å². The van der Waals surface area contributed by atoms with Crippen LogP contribution in [0.1, 0.15) is 20.8 Å². The molecule has 0 aliphatic heterocycles. The zero-order valence-corrected chi connectivity index (χ0v) is 10.0. The van der Waals surface area contributed by atoms with Crippen LogP contribution in [0.2, 0.25) is 0 Å². The van der Waals surface area contributed by atoms with Crippen LogP contribution in [0.5, 0.6) is 0 Å². The number of hydrogen-bond donors (Lipinski definition) is 0. The SMILES string of the molecule is CC[N+](C)(CCOS(=O)(=O)[O-])C(C)C. The Balaban J connectivity index is 4.10. The normalized spacial score (nSPS) is 17.0. The number of hydrogen-bond acceptors (Lipinski definition) is 4. The van der Waals surface area contributed by atoms with E-state index in [4.69, 9.17) is 0 Å². The third kappa shape index (κ3) is 4.90. The molecule has 0 rings (SSSR count). The van der Waals surface area contributed by atoms with E-state index >= 15 is 0 Å². The molecule has 1 atom stereocenters. The molecule has 0 aromatic carbocycles. The van der Waals surface area contributed by atoms with Crippen LogP contribution in [0.15, 0.2) is 0 Å². The molecule has 5 nitrogen and oxygen atoms in total. The summed E-state index contributed by atoms with van der Waals surface area (Å²) in [6.45, 7) is 7.47. The summed E-state index contributed by atoms with van der Waals surface area (Å²) in [7, 11) is -2.54. The summed E-state index contributed by atoms with van der Waals surface area (Å²) in [5, 5.41) is 0. The van der Waals surface area contributed by atoms with Crippen molar-refractivity contribution in [1.29, 1.82) is 0 Å². The molecule has 0 saturated carbocycles. The lowest BCUT2D eigenvalue weighted by Crippen LogP contribution is -2.51. The van der Waals surface area contributed by atoms with Crippen molar-refractivity contribution >= 4 is 10.4 Å². The van der Waals surface area contributed by atoms with Gasteiger partial charge in [-0.15, -0.1) is 0 Å². The Morgan fingerprint density at radius 1 is 1.43 bits per heavy atom. The van der Waals surface area contributed by atoms with Crippen molar-refractivity contribution in [3.8, 4) is 0 Å². The molecule has 0 amide bonds. The Hall–Kier alpha value is -0.170. The Labute approximate surface area is 86.2 Å². The first-order valence-corrected chi connectivity index (χ1v) is 5.99. The van der Waals surface area contributed by atoms with Gasteiger partial charge < -0.3 is 9.04 Å². The molecule has 6 heteroatoms. The lowest BCUT2D eigenvalue weighted by molar-refractivity contribution is -0.928. The first kappa shape index (κ1) is 13.8. The molecule has 0 aliphatic rings. The second-order valence-electron chi connectivity index (χ2n) is 3.84. The van der Waals surface area contributed by atoms with Crippen LogP contribution in [0.4, 0.5) is 0 Å². The van der Waals surface area contributed by atoms with E-state index in [2.05, 4.69) is 18.0 Å². The van der Waals surface area contributed by atoms with E-state index in [0.717, 1.165) is 6.54 Å². The standard InChI is InChI=1S/C8H19NO4S/c1-5-9(4,8(2)3)6-7-13-14(10,11)12/h8H,5-7H2,1-4H3. The van der Waals surface area contributed by atoms with E-state index < -0.39 is 10.4 Å². The van der Waals surface area contributed by atoms with Crippen LogP contribution in [-0.2, 0) is 14.6 Å². The Kier molecular flexibility index (Phi) is 5.00. The van der Waals surface area contributed by atoms with E-state index in [1.54, 1.807) is 0 Å². The highest BCUT2D eigenvalue weighted by Crippen LogP contribution is 2.09. The highest BCUT2D eigenvalue weighted by Gasteiger charge is 2.23. The molecule has 0 fully saturated rings. The molecule has 0 aromatic heterocycles. The Bertz CT molecular complexity index is 263. The van der Waals surface area contributed by atoms with Gasteiger partial charge in [0.05, 0.1) is 19.6 Å². The monoisotopic (exact) mass is 225 g/mol. The summed E-state index contributed by atoms with van der Waals surface area (Å²) in [5.41, 5.74) is 0. The van der Waals surface area contributed by atoms with E-state index in [-0.39, 0.29) is 6.61 Å². The third-order valence-electron chi connectivity index (χ3n) is 2.80. The maximum absolute atomic E-state index is 10.2. The van der Waals surface area contributed by atoms with Crippen molar-refractivity contribution in [1.82, 2.24) is 0 Å². The molecule has 1 unspecified atom stereocenters. The fourth-order valence-corrected chi connectivity index (χ4v) is 1.41. The van der Waals surface area contributed by atoms with Crippen LogP contribution in [0, 0.1) is 0 Å². The molecular weight excluding hydrogens is 206 g/mol. The fourth-order valence-electron chi connectivity index (χ4n) is 1.13. The van der Waals surface area contributed by atoms with Gasteiger partial charge in [0.2, 0.25) is 10.4 Å². The quantitative estimate of drug-likeness (QED) is 0.371. The summed E-state index contributed by atoms with van der Waals surface area (Å²) >= 11 is 0. The van der Waals surface area contributed by atoms with Crippen LogP contribution in [0.25, 0.3) is 0 Å². The highest BCUT2D eigenvalue weighted by molar-refractivity contribution is 7.80. The van der Waals surface area contributed by atoms with Crippen molar-refractivity contribution < 1.29 is 21.6 Å². The third-order valence-corrected chi connectivity index (χ3v) is 3.25. The van der Waals surface area contributed by atoms with Crippen molar-refractivity contribution in [2.75, 3.05) is 26.7 Å². The average Bonchev–Trinajstić information content (AvgIpc) is 2.01. The van der Waals surface area contributed by atoms with Crippen LogP contribution in [0.3, 0.4) is 0 Å². The minimum absolute atomic E-state index is 0.0473. The van der Waals surface area contributed by atoms with Gasteiger partial charge in [0.1, 0.15) is 13.2 Å². The molecule has 0 heterocycles. The van der Waals surface area contributed by atoms with Gasteiger partial charge in [-0.05, 0) is 20.8 Å². The van der Waals surface area contributed by atoms with Gasteiger partial charge in [0.15, 0.2) is 0 Å². The van der Waals surface area contributed by atoms with Crippen molar-refractivity contribution in [3.63, 3.8) is 0 Å². The maximum atomic E-state index is 10.2. The molecule has 86 valence electrons. The highest BCUT2D eigenvalue weighted by atomic mass is 32.3. The lowest BCUT2D eigenvalue weighted by atomic mass is 10.2. The topological polar surface area (TPSA) is 66.4 Å². The molecule has 14 heavy (non-hydrogen) atoms. The largest absolute Gasteiger partial charge is 0.726 e. The summed E-state index contributed by atoms with van der Waals surface area (Å²) in [6.07, 6.45) is 0. The molecule has 0 saturated heterocycles. The molecule has 0 aliphatic carbocycles. The van der Waals surface area contributed by atoms with Gasteiger partial charge in [-0.1, -0.05) is 0 Å². The summed E-state index contributed by atoms with van der Waals surface area (Å²) in [6, 6.07) is 0.373. The smallest absolute Gasteiger partial charge is 0.217 e. The lowest BCUT2D eigenvalue weighted by Gasteiger charge is -2.37. The predicted octanol–water partition coefficient (Wildman–Crippen LogP) is 0.338. The number of rotatable bonds is 6. The Morgan fingerprint density at radius 2 is 1.93 bits per heavy atom. The number of nitrogens with zero attached hydrogens (tertiary/aromatic N) is 1. The fraction of sp³-hybridized carbons (Fsp3) is 1.00. The molecule has 0 bridgehead atoms. The number of quaternary nitrogens is 1. The van der Waals surface area contributed by atoms with Gasteiger partial charge in [0, 0.05) is 0 Å². The average molecular weight is 225 g/mol. The molecular formula is C8H19NO4S. The van der Waals surface area contributed by atoms with Crippen LogP contribution in [-0.4, -0.2) is 50.2 Å². The molecule has 0 radical (unpaired) electrons. The van der Waals surface area contributed by atoms with Gasteiger partial charge in [-0.25, -0.2) is 8.42 Å². The van der Waals surface area contributed by atoms with Crippen molar-refractivity contribution in [2.24, 2.45) is 0 Å². The van der Waals surface area contributed by atoms with E-state index in [9.17, 15) is 13.0 Å². The van der Waals surface area contributed by atoms with Gasteiger partial charge in [0.25, 0.3) is 0 Å². The molecule has 0 aromatic rings. The first-order chi connectivity index (χ1) is 6.21. The van der Waals surface area contributed by atoms with E-state index in [1.165, 1.54) is 0 Å². The van der Waals surface area contributed by atoms with Crippen molar-refractivity contribution in [3.05, 3.63) is 0 Å². The molecule has 0 N–H and O–H groups in total. The van der Waals surface area contributed by atoms with E-state index in [1.807, 2.05) is 14.0 Å². The van der Waals surface area contributed by atoms with Gasteiger partial charge >= 0.3 is 0 Å². The zero-order valence-electron chi connectivity index (χ0n) is 9.19. The van der Waals surface area contributed by atoms with Crippen molar-refractivity contribution in [2.45, 2.75) is 26.8 Å². The number of likely N-dealkylation sites (N-methyl/N-ethyl adjacent to an activating group) is 1. The minimum atomic E-state index is -4.54. The Morgan fingerprint density at radius 3 is 2.21 bits per heavy atom. The second kappa shape index (κ2) is 5.06. The second-order valence-corrected chi connectivity index (χ2v) is 4.90. The first-order valence-electron chi connectivity index (χ1n) is 4.66. The zero-order chi connectivity index (χ0) is 11.4. The van der Waals surface area contributed by atoms with Crippen LogP contribution >= 0.6 is 0 Å². The maximum Gasteiger partial charge on any atom is 0.217 e. The van der Waals surface area contributed by atoms with Gasteiger partial charge in [-0.2, -0.15) is 0 Å². The summed E-state index contributed by atoms with van der Waals surface area (Å²) in [4.78, 5) is 0. The van der Waals surface area contributed by atoms with E-state index in [0.29, 0.717) is 17.1 Å². The minimum Gasteiger partial charge on any atom is -0.726 e. The summed E-state index contributed by atoms with van der Waals surface area (Å²) in [5.74, 6) is 0. The summed E-state index contributed by atoms with van der Waals surface area (Å²) < 4.78 is 35.4. The molecule has 0 spiro atoms. The predicted molar refractivity (Wildman–Crippen MR) is 52.4 cm³/mol. The van der Waals surface area contributed by atoms with Crippen LogP contribution < -0.4 is 0 Å².